The van der Waals surface area contributed by atoms with Crippen LogP contribution in [0.5, 0.6) is 5.75 Å². The molecule has 68 valence electrons. The van der Waals surface area contributed by atoms with Gasteiger partial charge in [0.1, 0.15) is 5.82 Å². The summed E-state index contributed by atoms with van der Waals surface area (Å²) in [6, 6.07) is 0. The Kier molecular flexibility index (Phi) is 2.46. The lowest BCUT2D eigenvalue weighted by Crippen LogP contribution is -2.00. The number of rotatable bonds is 2. The molecule has 0 radical (unpaired) electrons. The zero-order valence-corrected chi connectivity index (χ0v) is 6.95. The number of aryl methyl sites for hydroxylation is 1. The molecule has 0 aromatic carbocycles. The van der Waals surface area contributed by atoms with E-state index in [9.17, 15) is 3.89 Å². The van der Waals surface area contributed by atoms with Gasteiger partial charge in [0.05, 0.1) is 12.4 Å². The van der Waals surface area contributed by atoms with Crippen LogP contribution in [0.25, 0.3) is 0 Å². The van der Waals surface area contributed by atoms with Gasteiger partial charge in [-0.1, -0.05) is 3.89 Å². The maximum atomic E-state index is 12.1. The zero-order chi connectivity index (χ0) is 9.19. The third kappa shape index (κ3) is 2.99. The molecule has 0 atom stereocenters. The highest BCUT2D eigenvalue weighted by Crippen LogP contribution is 2.41. The van der Waals surface area contributed by atoms with Crippen LogP contribution in [0.1, 0.15) is 5.82 Å². The Hall–Kier alpha value is -0.920. The second-order valence-electron chi connectivity index (χ2n) is 1.98. The van der Waals surface area contributed by atoms with Crippen molar-refractivity contribution in [1.29, 1.82) is 0 Å². The molecule has 0 aliphatic carbocycles. The molecule has 0 bridgehead atoms. The molecule has 12 heavy (non-hydrogen) atoms. The van der Waals surface area contributed by atoms with Gasteiger partial charge in [-0.05, 0) is 6.92 Å². The Labute approximate surface area is 70.1 Å². The van der Waals surface area contributed by atoms with Crippen LogP contribution in [0.15, 0.2) is 12.4 Å². The summed E-state index contributed by atoms with van der Waals surface area (Å²) < 4.78 is 32.6. The molecule has 0 aliphatic rings. The van der Waals surface area contributed by atoms with E-state index in [0.29, 0.717) is 5.82 Å². The monoisotopic (exact) mass is 194 g/mol. The van der Waals surface area contributed by atoms with Gasteiger partial charge in [-0.3, -0.25) is 9.11 Å². The third-order valence-corrected chi connectivity index (χ3v) is 1.36. The topological polar surface area (TPSA) is 75.5 Å². The standard InChI is InChI=1S/C5H7FN2O3S/c1-4-7-2-5(3-8-4)11-12(6,9)10/h2-3,9-10H,1H3. The Bertz CT molecular complexity index is 260. The highest BCUT2D eigenvalue weighted by atomic mass is 32.3. The molecule has 0 saturated heterocycles. The molecule has 0 saturated carbocycles. The molecular formula is C5H7FN2O3S. The first-order chi connectivity index (χ1) is 5.47. The van der Waals surface area contributed by atoms with E-state index in [-0.39, 0.29) is 5.75 Å². The lowest BCUT2D eigenvalue weighted by molar-refractivity contribution is 0.332. The quantitative estimate of drug-likeness (QED) is 0.749. The zero-order valence-electron chi connectivity index (χ0n) is 6.14. The Morgan fingerprint density at radius 3 is 2.33 bits per heavy atom. The Morgan fingerprint density at radius 1 is 1.42 bits per heavy atom. The second kappa shape index (κ2) is 3.21. The molecule has 0 amide bonds. The van der Waals surface area contributed by atoms with Gasteiger partial charge in [0, 0.05) is 0 Å². The minimum atomic E-state index is -4.47. The van der Waals surface area contributed by atoms with E-state index >= 15 is 0 Å². The van der Waals surface area contributed by atoms with Gasteiger partial charge in [-0.2, -0.15) is 0 Å². The van der Waals surface area contributed by atoms with Gasteiger partial charge in [0.15, 0.2) is 5.75 Å². The summed E-state index contributed by atoms with van der Waals surface area (Å²) in [6.45, 7) is 1.64. The van der Waals surface area contributed by atoms with E-state index in [1.54, 1.807) is 6.92 Å². The van der Waals surface area contributed by atoms with Gasteiger partial charge in [0.2, 0.25) is 0 Å². The van der Waals surface area contributed by atoms with Crippen LogP contribution in [0.3, 0.4) is 0 Å². The average molecular weight is 194 g/mol. The van der Waals surface area contributed by atoms with Crippen molar-refractivity contribution >= 4 is 11.3 Å². The van der Waals surface area contributed by atoms with Crippen molar-refractivity contribution in [2.45, 2.75) is 6.92 Å². The summed E-state index contributed by atoms with van der Waals surface area (Å²) in [4.78, 5) is 7.30. The van der Waals surface area contributed by atoms with Crippen LogP contribution in [0, 0.1) is 6.92 Å². The molecule has 7 heteroatoms. The SMILES string of the molecule is Cc1ncc(OS(O)(O)F)cn1. The van der Waals surface area contributed by atoms with Crippen molar-refractivity contribution in [2.75, 3.05) is 0 Å². The largest absolute Gasteiger partial charge is 0.377 e. The molecule has 0 aliphatic heterocycles. The van der Waals surface area contributed by atoms with Crippen molar-refractivity contribution in [3.8, 4) is 5.75 Å². The molecule has 0 fully saturated rings. The molecule has 2 N–H and O–H groups in total. The normalized spacial score (nSPS) is 12.7. The molecule has 1 rings (SSSR count). The fraction of sp³-hybridized carbons (Fsp3) is 0.200. The van der Waals surface area contributed by atoms with E-state index in [1.807, 2.05) is 0 Å². The smallest absolute Gasteiger partial charge is 0.308 e. The van der Waals surface area contributed by atoms with E-state index in [2.05, 4.69) is 14.2 Å². The summed E-state index contributed by atoms with van der Waals surface area (Å²) in [7, 11) is 0. The van der Waals surface area contributed by atoms with E-state index in [1.165, 1.54) is 0 Å². The molecule has 5 nitrogen and oxygen atoms in total. The molecule has 1 aromatic rings. The van der Waals surface area contributed by atoms with Crippen molar-refractivity contribution < 1.29 is 17.2 Å². The predicted molar refractivity (Wildman–Crippen MR) is 41.4 cm³/mol. The number of halogens is 1. The molecule has 1 aromatic heterocycles. The van der Waals surface area contributed by atoms with Gasteiger partial charge in [-0.15, -0.1) is 0 Å². The lowest BCUT2D eigenvalue weighted by atomic mass is 10.6. The van der Waals surface area contributed by atoms with Gasteiger partial charge < -0.3 is 4.18 Å². The van der Waals surface area contributed by atoms with Gasteiger partial charge in [0.25, 0.3) is 0 Å². The minimum Gasteiger partial charge on any atom is -0.377 e. The average Bonchev–Trinajstić information content (AvgIpc) is 1.91. The highest BCUT2D eigenvalue weighted by molar-refractivity contribution is 8.15. The third-order valence-electron chi connectivity index (χ3n) is 0.960. The van der Waals surface area contributed by atoms with Crippen LogP contribution in [-0.4, -0.2) is 19.1 Å². The first-order valence-corrected chi connectivity index (χ1v) is 4.30. The molecular weight excluding hydrogens is 187 g/mol. The van der Waals surface area contributed by atoms with E-state index in [0.717, 1.165) is 12.4 Å². The first-order valence-electron chi connectivity index (χ1n) is 2.93. The fourth-order valence-electron chi connectivity index (χ4n) is 0.546. The van der Waals surface area contributed by atoms with Crippen LogP contribution >= 0.6 is 11.3 Å². The Balaban J connectivity index is 2.71. The molecule has 0 unspecified atom stereocenters. The fourth-order valence-corrected chi connectivity index (χ4v) is 0.877. The minimum absolute atomic E-state index is 0.122. The van der Waals surface area contributed by atoms with Crippen LogP contribution in [0.4, 0.5) is 3.89 Å². The van der Waals surface area contributed by atoms with Crippen molar-refractivity contribution in [3.63, 3.8) is 0 Å². The summed E-state index contributed by atoms with van der Waals surface area (Å²) in [5.74, 6) is 0.362. The van der Waals surface area contributed by atoms with Crippen LogP contribution in [0.2, 0.25) is 0 Å². The van der Waals surface area contributed by atoms with Crippen molar-refractivity contribution in [1.82, 2.24) is 9.97 Å². The predicted octanol–water partition coefficient (Wildman–Crippen LogP) is 1.71. The first kappa shape index (κ1) is 9.17. The van der Waals surface area contributed by atoms with Crippen molar-refractivity contribution in [2.24, 2.45) is 0 Å². The lowest BCUT2D eigenvalue weighted by Gasteiger charge is -2.15. The maximum absolute atomic E-state index is 12.1. The van der Waals surface area contributed by atoms with Crippen LogP contribution < -0.4 is 4.18 Å². The molecule has 0 spiro atoms. The van der Waals surface area contributed by atoms with E-state index < -0.39 is 11.3 Å². The number of hydrogen-bond donors (Lipinski definition) is 2. The van der Waals surface area contributed by atoms with E-state index in [4.69, 9.17) is 9.11 Å². The Morgan fingerprint density at radius 2 is 1.92 bits per heavy atom. The highest BCUT2D eigenvalue weighted by Gasteiger charge is 2.17. The molecule has 1 heterocycles. The van der Waals surface area contributed by atoms with Crippen molar-refractivity contribution in [3.05, 3.63) is 18.2 Å². The second-order valence-corrected chi connectivity index (χ2v) is 3.01. The maximum Gasteiger partial charge on any atom is 0.308 e. The number of nitrogens with zero attached hydrogens (tertiary/aromatic N) is 2. The summed E-state index contributed by atoms with van der Waals surface area (Å²) >= 11 is -4.47. The number of hydrogen-bond acceptors (Lipinski definition) is 5. The number of aromatic nitrogens is 2. The summed E-state index contributed by atoms with van der Waals surface area (Å²) in [6.07, 6.45) is 2.30. The van der Waals surface area contributed by atoms with Crippen LogP contribution in [-0.2, 0) is 0 Å². The summed E-state index contributed by atoms with van der Waals surface area (Å²) in [5, 5.41) is 0. The summed E-state index contributed by atoms with van der Waals surface area (Å²) in [5.41, 5.74) is 0. The van der Waals surface area contributed by atoms with Gasteiger partial charge >= 0.3 is 11.3 Å². The van der Waals surface area contributed by atoms with Gasteiger partial charge in [-0.25, -0.2) is 9.97 Å².